The van der Waals surface area contributed by atoms with Gasteiger partial charge in [-0.1, -0.05) is 0 Å². The van der Waals surface area contributed by atoms with E-state index >= 15 is 0 Å². The molecule has 0 amide bonds. The number of nitrogens with zero attached hydrogens (tertiary/aromatic N) is 3. The lowest BCUT2D eigenvalue weighted by molar-refractivity contribution is 0.558. The molecule has 14 heavy (non-hydrogen) atoms. The number of nitrogens with one attached hydrogen (secondary N) is 1. The fraction of sp³-hybridized carbons (Fsp3) is 0.400. The van der Waals surface area contributed by atoms with Gasteiger partial charge in [0.25, 0.3) is 0 Å². The second-order valence-corrected chi connectivity index (χ2v) is 3.64. The molecule has 3 rings (SSSR count). The van der Waals surface area contributed by atoms with E-state index in [9.17, 15) is 0 Å². The number of pyridine rings is 1. The lowest BCUT2D eigenvalue weighted by atomic mass is 10.2. The third-order valence-electron chi connectivity index (χ3n) is 2.76. The molecule has 4 heteroatoms. The maximum absolute atomic E-state index is 4.36. The van der Waals surface area contributed by atoms with Crippen LogP contribution in [0, 0.1) is 0 Å². The second-order valence-electron chi connectivity index (χ2n) is 3.64. The molecule has 0 radical (unpaired) electrons. The van der Waals surface area contributed by atoms with Crippen LogP contribution in [-0.4, -0.2) is 27.6 Å². The van der Waals surface area contributed by atoms with E-state index in [1.807, 2.05) is 24.7 Å². The molecule has 0 saturated carbocycles. The third-order valence-corrected chi connectivity index (χ3v) is 2.76. The minimum Gasteiger partial charge on any atom is -0.315 e. The Morgan fingerprint density at radius 2 is 2.43 bits per heavy atom. The summed E-state index contributed by atoms with van der Waals surface area (Å²) in [6.07, 6.45) is 4.89. The highest BCUT2D eigenvalue weighted by Gasteiger charge is 2.18. The van der Waals surface area contributed by atoms with Crippen LogP contribution in [0.2, 0.25) is 0 Å². The van der Waals surface area contributed by atoms with Gasteiger partial charge in [0.1, 0.15) is 5.52 Å². The highest BCUT2D eigenvalue weighted by Crippen LogP contribution is 2.19. The molecule has 4 nitrogen and oxygen atoms in total. The summed E-state index contributed by atoms with van der Waals surface area (Å²) < 4.78 is 2.18. The maximum atomic E-state index is 4.36. The lowest BCUT2D eigenvalue weighted by Gasteiger charge is -2.09. The zero-order valence-electron chi connectivity index (χ0n) is 7.85. The van der Waals surface area contributed by atoms with Crippen LogP contribution >= 0.6 is 0 Å². The first kappa shape index (κ1) is 7.94. The van der Waals surface area contributed by atoms with Crippen molar-refractivity contribution in [2.24, 2.45) is 0 Å². The van der Waals surface area contributed by atoms with Crippen molar-refractivity contribution in [3.05, 3.63) is 24.7 Å². The minimum atomic E-state index is 0.523. The summed E-state index contributed by atoms with van der Waals surface area (Å²) in [6, 6.07) is 4.45. The fourth-order valence-electron chi connectivity index (χ4n) is 2.01. The summed E-state index contributed by atoms with van der Waals surface area (Å²) in [5.74, 6) is 0. The van der Waals surface area contributed by atoms with Crippen LogP contribution in [0.1, 0.15) is 12.5 Å². The smallest absolute Gasteiger partial charge is 0.160 e. The van der Waals surface area contributed by atoms with E-state index in [1.54, 1.807) is 0 Å². The number of hydrogen-bond donors (Lipinski definition) is 1. The first-order valence-corrected chi connectivity index (χ1v) is 4.93. The molecule has 2 aromatic rings. The molecule has 0 aliphatic carbocycles. The number of imidazole rings is 1. The molecule has 0 bridgehead atoms. The van der Waals surface area contributed by atoms with Gasteiger partial charge in [-0.25, -0.2) is 9.97 Å². The molecule has 1 saturated heterocycles. The van der Waals surface area contributed by atoms with Gasteiger partial charge < -0.3 is 9.88 Å². The molecule has 1 aliphatic heterocycles. The number of fused-ring (bicyclic) bond motifs is 1. The average molecular weight is 188 g/mol. The fourth-order valence-corrected chi connectivity index (χ4v) is 2.01. The van der Waals surface area contributed by atoms with Gasteiger partial charge in [-0.15, -0.1) is 0 Å². The van der Waals surface area contributed by atoms with E-state index < -0.39 is 0 Å². The Morgan fingerprint density at radius 1 is 1.43 bits per heavy atom. The van der Waals surface area contributed by atoms with E-state index in [2.05, 4.69) is 19.9 Å². The molecule has 72 valence electrons. The van der Waals surface area contributed by atoms with Gasteiger partial charge in [-0.3, -0.25) is 0 Å². The zero-order chi connectivity index (χ0) is 9.38. The summed E-state index contributed by atoms with van der Waals surface area (Å²) >= 11 is 0. The Kier molecular flexibility index (Phi) is 1.73. The molecule has 0 aromatic carbocycles. The van der Waals surface area contributed by atoms with Crippen molar-refractivity contribution in [1.82, 2.24) is 19.9 Å². The van der Waals surface area contributed by atoms with Crippen molar-refractivity contribution in [3.63, 3.8) is 0 Å². The van der Waals surface area contributed by atoms with Crippen LogP contribution in [0.25, 0.3) is 11.2 Å². The van der Waals surface area contributed by atoms with Crippen molar-refractivity contribution in [2.45, 2.75) is 12.5 Å². The van der Waals surface area contributed by atoms with Gasteiger partial charge in [0, 0.05) is 12.7 Å². The molecule has 0 spiro atoms. The van der Waals surface area contributed by atoms with Crippen LogP contribution in [-0.2, 0) is 0 Å². The predicted octanol–water partition coefficient (Wildman–Crippen LogP) is 0.966. The van der Waals surface area contributed by atoms with Crippen LogP contribution < -0.4 is 5.32 Å². The average Bonchev–Trinajstić information content (AvgIpc) is 2.85. The van der Waals surface area contributed by atoms with E-state index in [0.717, 1.165) is 24.3 Å². The Balaban J connectivity index is 2.11. The van der Waals surface area contributed by atoms with Gasteiger partial charge in [0.2, 0.25) is 0 Å². The van der Waals surface area contributed by atoms with Crippen molar-refractivity contribution in [3.8, 4) is 0 Å². The lowest BCUT2D eigenvalue weighted by Crippen LogP contribution is -2.12. The second kappa shape index (κ2) is 3.06. The molecule has 1 aliphatic rings. The Labute approximate surface area is 82.0 Å². The Bertz CT molecular complexity index is 442. The quantitative estimate of drug-likeness (QED) is 0.725. The van der Waals surface area contributed by atoms with Gasteiger partial charge >= 0.3 is 0 Å². The molecule has 3 heterocycles. The van der Waals surface area contributed by atoms with Gasteiger partial charge in [0.05, 0.1) is 12.4 Å². The molecule has 1 atom stereocenters. The van der Waals surface area contributed by atoms with E-state index in [1.165, 1.54) is 6.42 Å². The molecule has 1 fully saturated rings. The van der Waals surface area contributed by atoms with Gasteiger partial charge in [-0.2, -0.15) is 0 Å². The SMILES string of the molecule is c1cnc2c(c1)ncn2C1CCNC1. The van der Waals surface area contributed by atoms with Crippen LogP contribution in [0.3, 0.4) is 0 Å². The van der Waals surface area contributed by atoms with Crippen LogP contribution in [0.4, 0.5) is 0 Å². The van der Waals surface area contributed by atoms with Crippen molar-refractivity contribution in [2.75, 3.05) is 13.1 Å². The number of aromatic nitrogens is 3. The van der Waals surface area contributed by atoms with Gasteiger partial charge in [0.15, 0.2) is 5.65 Å². The molecule has 2 aromatic heterocycles. The summed E-state index contributed by atoms with van der Waals surface area (Å²) in [7, 11) is 0. The minimum absolute atomic E-state index is 0.523. The predicted molar refractivity (Wildman–Crippen MR) is 54.1 cm³/mol. The van der Waals surface area contributed by atoms with Crippen molar-refractivity contribution >= 4 is 11.2 Å². The van der Waals surface area contributed by atoms with Crippen LogP contribution in [0.5, 0.6) is 0 Å². The summed E-state index contributed by atoms with van der Waals surface area (Å²) in [6.45, 7) is 2.12. The highest BCUT2D eigenvalue weighted by molar-refractivity contribution is 5.70. The summed E-state index contributed by atoms with van der Waals surface area (Å²) in [5, 5.41) is 3.35. The Hall–Kier alpha value is -1.42. The molecule has 1 unspecified atom stereocenters. The summed E-state index contributed by atoms with van der Waals surface area (Å²) in [5.41, 5.74) is 1.99. The Morgan fingerprint density at radius 3 is 3.29 bits per heavy atom. The zero-order valence-corrected chi connectivity index (χ0v) is 7.85. The first-order chi connectivity index (χ1) is 6.95. The topological polar surface area (TPSA) is 42.7 Å². The van der Waals surface area contributed by atoms with E-state index in [-0.39, 0.29) is 0 Å². The largest absolute Gasteiger partial charge is 0.315 e. The summed E-state index contributed by atoms with van der Waals surface area (Å²) in [4.78, 5) is 8.69. The van der Waals surface area contributed by atoms with Crippen molar-refractivity contribution < 1.29 is 0 Å². The van der Waals surface area contributed by atoms with Gasteiger partial charge in [-0.05, 0) is 25.1 Å². The van der Waals surface area contributed by atoms with Crippen LogP contribution in [0.15, 0.2) is 24.7 Å². The maximum Gasteiger partial charge on any atom is 0.160 e. The molecular weight excluding hydrogens is 176 g/mol. The number of hydrogen-bond acceptors (Lipinski definition) is 3. The molecule has 1 N–H and O–H groups in total. The normalized spacial score (nSPS) is 21.9. The van der Waals surface area contributed by atoms with E-state index in [4.69, 9.17) is 0 Å². The standard InChI is InChI=1S/C10H12N4/c1-2-9-10(12-4-1)14(7-13-9)8-3-5-11-6-8/h1-2,4,7-8,11H,3,5-6H2. The van der Waals surface area contributed by atoms with Crippen molar-refractivity contribution in [1.29, 1.82) is 0 Å². The third kappa shape index (κ3) is 1.11. The highest BCUT2D eigenvalue weighted by atomic mass is 15.2. The first-order valence-electron chi connectivity index (χ1n) is 4.93. The monoisotopic (exact) mass is 188 g/mol. The number of rotatable bonds is 1. The van der Waals surface area contributed by atoms with E-state index in [0.29, 0.717) is 6.04 Å². The molecular formula is C10H12N4.